The number of hydrogen-bond acceptors (Lipinski definition) is 2. The zero-order valence-electron chi connectivity index (χ0n) is 11.7. The van der Waals surface area contributed by atoms with Gasteiger partial charge in [-0.2, -0.15) is 0 Å². The first kappa shape index (κ1) is 14.6. The lowest BCUT2D eigenvalue weighted by atomic mass is 10.3. The molecule has 3 rings (SSSR count). The van der Waals surface area contributed by atoms with Gasteiger partial charge in [-0.3, -0.25) is 0 Å². The van der Waals surface area contributed by atoms with E-state index in [9.17, 15) is 14.1 Å². The Balaban J connectivity index is 2.31. The van der Waals surface area contributed by atoms with Crippen molar-refractivity contribution in [1.29, 1.82) is 0 Å². The van der Waals surface area contributed by atoms with E-state index in [-0.39, 0.29) is 11.1 Å². The van der Waals surface area contributed by atoms with Gasteiger partial charge in [-0.1, -0.05) is 60.7 Å². The molecule has 0 unspecified atom stereocenters. The van der Waals surface area contributed by atoms with Gasteiger partial charge in [0.25, 0.3) is 0 Å². The van der Waals surface area contributed by atoms with Gasteiger partial charge in [0, 0.05) is 16.7 Å². The van der Waals surface area contributed by atoms with Crippen LogP contribution in [0.1, 0.15) is 0 Å². The number of rotatable bonds is 3. The molecule has 0 saturated heterocycles. The van der Waals surface area contributed by atoms with Crippen LogP contribution in [0.3, 0.4) is 0 Å². The maximum atomic E-state index is 13.9. The van der Waals surface area contributed by atoms with Crippen molar-refractivity contribution in [3.05, 3.63) is 84.7 Å². The highest BCUT2D eigenvalue weighted by molar-refractivity contribution is 7.85. The summed E-state index contributed by atoms with van der Waals surface area (Å²) in [7, 11) is -3.25. The predicted octanol–water partition coefficient (Wildman–Crippen LogP) is 3.17. The van der Waals surface area contributed by atoms with E-state index in [2.05, 4.69) is 0 Å². The van der Waals surface area contributed by atoms with E-state index < -0.39 is 13.0 Å². The summed E-state index contributed by atoms with van der Waals surface area (Å²) in [4.78, 5) is 0. The zero-order chi connectivity index (χ0) is 15.6. The molecule has 2 nitrogen and oxygen atoms in total. The minimum absolute atomic E-state index is 0.242. The highest BCUT2D eigenvalue weighted by Crippen LogP contribution is 2.44. The van der Waals surface area contributed by atoms with E-state index in [1.807, 2.05) is 12.1 Å². The van der Waals surface area contributed by atoms with Crippen molar-refractivity contribution in [2.24, 2.45) is 0 Å². The molecule has 0 fully saturated rings. The van der Waals surface area contributed by atoms with Crippen LogP contribution < -0.4 is 15.9 Å². The van der Waals surface area contributed by atoms with Crippen LogP contribution in [-0.2, 0) is 4.57 Å². The second kappa shape index (κ2) is 5.78. The molecule has 1 N–H and O–H groups in total. The summed E-state index contributed by atoms with van der Waals surface area (Å²) < 4.78 is 27.2. The molecular formula is C18H14FO2P. The summed E-state index contributed by atoms with van der Waals surface area (Å²) in [6.45, 7) is 0. The molecule has 4 heteroatoms. The topological polar surface area (TPSA) is 37.3 Å². The lowest BCUT2D eigenvalue weighted by Gasteiger charge is -2.20. The van der Waals surface area contributed by atoms with E-state index in [4.69, 9.17) is 0 Å². The molecule has 0 atom stereocenters. The predicted molar refractivity (Wildman–Crippen MR) is 87.5 cm³/mol. The van der Waals surface area contributed by atoms with Gasteiger partial charge in [0.15, 0.2) is 7.14 Å². The fourth-order valence-corrected chi connectivity index (χ4v) is 5.18. The van der Waals surface area contributed by atoms with Crippen LogP contribution in [0.2, 0.25) is 0 Å². The molecule has 0 aromatic heterocycles. The SMILES string of the molecule is O=P(c1ccccc1)(c1ccccc1)c1ccc(F)cc1O. The highest BCUT2D eigenvalue weighted by atomic mass is 31.2. The van der Waals surface area contributed by atoms with Crippen LogP contribution in [0, 0.1) is 5.82 Å². The maximum absolute atomic E-state index is 13.9. The molecule has 22 heavy (non-hydrogen) atoms. The summed E-state index contributed by atoms with van der Waals surface area (Å²) >= 11 is 0. The van der Waals surface area contributed by atoms with E-state index in [0.29, 0.717) is 10.6 Å². The Bertz CT molecular complexity index is 789. The fourth-order valence-electron chi connectivity index (χ4n) is 2.47. The van der Waals surface area contributed by atoms with Crippen LogP contribution in [0.15, 0.2) is 78.9 Å². The second-order valence-corrected chi connectivity index (χ2v) is 7.65. The first-order valence-corrected chi connectivity index (χ1v) is 8.53. The van der Waals surface area contributed by atoms with Crippen molar-refractivity contribution in [1.82, 2.24) is 0 Å². The quantitative estimate of drug-likeness (QED) is 0.754. The molecule has 3 aromatic carbocycles. The standard InChI is InChI=1S/C18H14FO2P/c19-14-11-12-18(17(20)13-14)22(21,15-7-3-1-4-8-15)16-9-5-2-6-10-16/h1-13,20H. The van der Waals surface area contributed by atoms with Crippen LogP contribution in [-0.4, -0.2) is 5.11 Å². The molecule has 3 aromatic rings. The normalized spacial score (nSPS) is 11.3. The Kier molecular flexibility index (Phi) is 3.82. The van der Waals surface area contributed by atoms with Gasteiger partial charge in [-0.25, -0.2) is 4.39 Å². The number of aromatic hydroxyl groups is 1. The van der Waals surface area contributed by atoms with Crippen molar-refractivity contribution in [2.75, 3.05) is 0 Å². The molecule has 0 heterocycles. The third-order valence-corrected chi connectivity index (χ3v) is 6.62. The summed E-state index contributed by atoms with van der Waals surface area (Å²) in [5.41, 5.74) is 0. The number of halogens is 1. The fraction of sp³-hybridized carbons (Fsp3) is 0. The maximum Gasteiger partial charge on any atom is 0.174 e. The molecule has 0 bridgehead atoms. The third kappa shape index (κ3) is 2.44. The molecular weight excluding hydrogens is 298 g/mol. The smallest absolute Gasteiger partial charge is 0.174 e. The Morgan fingerprint density at radius 1 is 0.773 bits per heavy atom. The van der Waals surface area contributed by atoms with Crippen LogP contribution >= 0.6 is 7.14 Å². The van der Waals surface area contributed by atoms with E-state index in [1.54, 1.807) is 48.5 Å². The van der Waals surface area contributed by atoms with Gasteiger partial charge in [-0.15, -0.1) is 0 Å². The Hall–Kier alpha value is -2.38. The number of phenolic OH excluding ortho intramolecular Hbond substituents is 1. The molecule has 0 spiro atoms. The van der Waals surface area contributed by atoms with Crippen molar-refractivity contribution in [3.63, 3.8) is 0 Å². The molecule has 0 aliphatic heterocycles. The van der Waals surface area contributed by atoms with Gasteiger partial charge in [0.05, 0.1) is 5.30 Å². The first-order valence-electron chi connectivity index (χ1n) is 6.83. The third-order valence-electron chi connectivity index (χ3n) is 3.52. The largest absolute Gasteiger partial charge is 0.507 e. The summed E-state index contributed by atoms with van der Waals surface area (Å²) in [5, 5.41) is 11.6. The minimum Gasteiger partial charge on any atom is -0.507 e. The molecule has 0 saturated carbocycles. The van der Waals surface area contributed by atoms with Crippen LogP contribution in [0.25, 0.3) is 0 Å². The summed E-state index contributed by atoms with van der Waals surface area (Å²) in [6, 6.07) is 21.5. The van der Waals surface area contributed by atoms with Crippen LogP contribution in [0.4, 0.5) is 4.39 Å². The van der Waals surface area contributed by atoms with Crippen molar-refractivity contribution in [3.8, 4) is 5.75 Å². The first-order chi connectivity index (χ1) is 10.6. The lowest BCUT2D eigenvalue weighted by molar-refractivity contribution is 0.473. The van der Waals surface area contributed by atoms with E-state index in [0.717, 1.165) is 6.07 Å². The van der Waals surface area contributed by atoms with Gasteiger partial charge in [0.1, 0.15) is 11.6 Å². The average Bonchev–Trinajstić information content (AvgIpc) is 2.56. The van der Waals surface area contributed by atoms with Gasteiger partial charge in [0.2, 0.25) is 0 Å². The molecule has 0 aliphatic carbocycles. The van der Waals surface area contributed by atoms with Crippen molar-refractivity contribution < 1.29 is 14.1 Å². The number of benzene rings is 3. The van der Waals surface area contributed by atoms with E-state index >= 15 is 0 Å². The van der Waals surface area contributed by atoms with Gasteiger partial charge in [-0.05, 0) is 12.1 Å². The molecule has 0 amide bonds. The molecule has 0 aliphatic rings. The highest BCUT2D eigenvalue weighted by Gasteiger charge is 2.32. The van der Waals surface area contributed by atoms with E-state index in [1.165, 1.54) is 12.1 Å². The molecule has 110 valence electrons. The number of phenols is 1. The summed E-state index contributed by atoms with van der Waals surface area (Å²) in [6.07, 6.45) is 0. The zero-order valence-corrected chi connectivity index (χ0v) is 12.6. The monoisotopic (exact) mass is 312 g/mol. The molecule has 0 radical (unpaired) electrons. The Morgan fingerprint density at radius 3 is 1.73 bits per heavy atom. The Labute approximate surface area is 128 Å². The minimum atomic E-state index is -3.25. The Morgan fingerprint density at radius 2 is 1.27 bits per heavy atom. The summed E-state index contributed by atoms with van der Waals surface area (Å²) in [5.74, 6) is -0.857. The van der Waals surface area contributed by atoms with Gasteiger partial charge < -0.3 is 9.67 Å². The number of hydrogen-bond donors (Lipinski definition) is 1. The van der Waals surface area contributed by atoms with Crippen LogP contribution in [0.5, 0.6) is 5.75 Å². The van der Waals surface area contributed by atoms with Crippen molar-refractivity contribution in [2.45, 2.75) is 0 Å². The second-order valence-electron chi connectivity index (χ2n) is 4.91. The average molecular weight is 312 g/mol. The lowest BCUT2D eigenvalue weighted by Crippen LogP contribution is -2.25. The van der Waals surface area contributed by atoms with Gasteiger partial charge >= 0.3 is 0 Å². The van der Waals surface area contributed by atoms with Crippen molar-refractivity contribution >= 4 is 23.1 Å².